The molecule has 9 nitrogen and oxygen atoms in total. The van der Waals surface area contributed by atoms with Gasteiger partial charge in [-0.3, -0.25) is 19.3 Å². The second-order valence-corrected chi connectivity index (χ2v) is 9.98. The summed E-state index contributed by atoms with van der Waals surface area (Å²) in [5, 5.41) is 11.4. The number of hydrogen-bond donors (Lipinski definition) is 1. The number of nitrogens with zero attached hydrogens (tertiary/aromatic N) is 2. The third-order valence-corrected chi connectivity index (χ3v) is 7.10. The van der Waals surface area contributed by atoms with Crippen molar-refractivity contribution in [1.29, 1.82) is 5.26 Å². The topological polar surface area (TPSA) is 118 Å². The molecule has 0 radical (unpaired) electrons. The monoisotopic (exact) mass is 607 g/mol. The Bertz CT molecular complexity index is 1500. The van der Waals surface area contributed by atoms with Crippen LogP contribution >= 0.6 is 27.7 Å². The van der Waals surface area contributed by atoms with Crippen LogP contribution in [0.3, 0.4) is 0 Å². The molecule has 0 saturated carbocycles. The van der Waals surface area contributed by atoms with Crippen LogP contribution in [0.2, 0.25) is 0 Å². The molecule has 0 aromatic heterocycles. The Labute approximate surface area is 237 Å². The van der Waals surface area contributed by atoms with Crippen molar-refractivity contribution in [3.05, 3.63) is 86.7 Å². The lowest BCUT2D eigenvalue weighted by Gasteiger charge is -2.14. The predicted octanol–water partition coefficient (Wildman–Crippen LogP) is 5.59. The van der Waals surface area contributed by atoms with Crippen molar-refractivity contribution in [2.24, 2.45) is 0 Å². The van der Waals surface area contributed by atoms with E-state index in [0.29, 0.717) is 38.5 Å². The van der Waals surface area contributed by atoms with E-state index in [1.807, 2.05) is 6.07 Å². The zero-order valence-corrected chi connectivity index (χ0v) is 23.3. The maximum Gasteiger partial charge on any atom is 0.294 e. The van der Waals surface area contributed by atoms with Gasteiger partial charge in [0.25, 0.3) is 11.1 Å². The van der Waals surface area contributed by atoms with Gasteiger partial charge in [0, 0.05) is 11.3 Å². The number of carbonyl (C=O) groups is 3. The van der Waals surface area contributed by atoms with Gasteiger partial charge in [-0.05, 0) is 81.8 Å². The summed E-state index contributed by atoms with van der Waals surface area (Å²) in [5.41, 5.74) is 2.33. The Morgan fingerprint density at radius 3 is 2.54 bits per heavy atom. The van der Waals surface area contributed by atoms with Crippen molar-refractivity contribution < 1.29 is 28.6 Å². The van der Waals surface area contributed by atoms with E-state index in [0.717, 1.165) is 22.2 Å². The molecule has 1 aliphatic rings. The van der Waals surface area contributed by atoms with Crippen molar-refractivity contribution >= 4 is 56.5 Å². The minimum atomic E-state index is -0.571. The van der Waals surface area contributed by atoms with Gasteiger partial charge in [0.05, 0.1) is 35.2 Å². The van der Waals surface area contributed by atoms with Crippen LogP contribution < -0.4 is 19.5 Å². The number of imide groups is 1. The van der Waals surface area contributed by atoms with Crippen molar-refractivity contribution in [2.75, 3.05) is 26.1 Å². The summed E-state index contributed by atoms with van der Waals surface area (Å²) < 4.78 is 17.1. The van der Waals surface area contributed by atoms with Crippen LogP contribution in [0.15, 0.2) is 70.0 Å². The third kappa shape index (κ3) is 6.60. The van der Waals surface area contributed by atoms with Crippen LogP contribution in [0, 0.1) is 11.3 Å². The highest BCUT2D eigenvalue weighted by Crippen LogP contribution is 2.39. The van der Waals surface area contributed by atoms with Crippen molar-refractivity contribution in [3.63, 3.8) is 0 Å². The molecule has 11 heteroatoms. The van der Waals surface area contributed by atoms with Gasteiger partial charge in [-0.2, -0.15) is 5.26 Å². The maximum atomic E-state index is 12.9. The normalized spacial score (nSPS) is 13.8. The molecule has 0 spiro atoms. The lowest BCUT2D eigenvalue weighted by Crippen LogP contribution is -2.36. The molecule has 1 fully saturated rings. The standard InChI is InChI=1S/C28H22BrN3O6S/c1-36-21-9-7-20(8-10-21)31-25(33)15-32-27(34)24(39-28(32)35)13-17-11-22(29)26(23(12-17)37-2)38-16-19-6-4-3-5-18(19)14-30/h3-13H,15-16H2,1-2H3,(H,31,33)/b24-13+. The zero-order valence-electron chi connectivity index (χ0n) is 20.9. The quantitative estimate of drug-likeness (QED) is 0.313. The number of nitriles is 1. The number of hydrogen-bond acceptors (Lipinski definition) is 8. The Morgan fingerprint density at radius 2 is 1.85 bits per heavy atom. The summed E-state index contributed by atoms with van der Waals surface area (Å²) in [6.07, 6.45) is 1.55. The molecule has 3 aromatic carbocycles. The van der Waals surface area contributed by atoms with Gasteiger partial charge < -0.3 is 19.5 Å². The fourth-order valence-corrected chi connectivity index (χ4v) is 5.09. The summed E-state index contributed by atoms with van der Waals surface area (Å²) >= 11 is 4.23. The molecule has 0 unspecified atom stereocenters. The molecule has 1 saturated heterocycles. The largest absolute Gasteiger partial charge is 0.497 e. The van der Waals surface area contributed by atoms with Crippen LogP contribution in [0.4, 0.5) is 10.5 Å². The van der Waals surface area contributed by atoms with Gasteiger partial charge >= 0.3 is 0 Å². The number of anilines is 1. The van der Waals surface area contributed by atoms with Crippen LogP contribution in [-0.2, 0) is 16.2 Å². The molecule has 1 N–H and O–H groups in total. The number of carbonyl (C=O) groups excluding carboxylic acids is 3. The molecular formula is C28H22BrN3O6S. The number of methoxy groups -OCH3 is 2. The number of thioether (sulfide) groups is 1. The fourth-order valence-electron chi connectivity index (χ4n) is 3.67. The zero-order chi connectivity index (χ0) is 27.9. The highest BCUT2D eigenvalue weighted by Gasteiger charge is 2.36. The molecule has 3 aromatic rings. The summed E-state index contributed by atoms with van der Waals surface area (Å²) in [7, 11) is 3.02. The molecule has 0 aliphatic carbocycles. The SMILES string of the molecule is COc1ccc(NC(=O)CN2C(=O)S/C(=C/c3cc(Br)c(OCc4ccccc4C#N)c(OC)c3)C2=O)cc1. The van der Waals surface area contributed by atoms with E-state index in [1.54, 1.807) is 60.7 Å². The third-order valence-electron chi connectivity index (χ3n) is 5.61. The first-order valence-corrected chi connectivity index (χ1v) is 13.1. The average molecular weight is 608 g/mol. The second-order valence-electron chi connectivity index (χ2n) is 8.14. The number of rotatable bonds is 9. The first-order chi connectivity index (χ1) is 18.8. The average Bonchev–Trinajstić information content (AvgIpc) is 3.19. The van der Waals surface area contributed by atoms with E-state index in [-0.39, 0.29) is 11.5 Å². The molecule has 39 heavy (non-hydrogen) atoms. The molecule has 0 bridgehead atoms. The van der Waals surface area contributed by atoms with Crippen LogP contribution in [-0.4, -0.2) is 42.7 Å². The molecule has 1 heterocycles. The highest BCUT2D eigenvalue weighted by molar-refractivity contribution is 9.10. The van der Waals surface area contributed by atoms with E-state index >= 15 is 0 Å². The maximum absolute atomic E-state index is 12.9. The smallest absolute Gasteiger partial charge is 0.294 e. The Balaban J connectivity index is 1.46. The first-order valence-electron chi connectivity index (χ1n) is 11.5. The number of halogens is 1. The lowest BCUT2D eigenvalue weighted by atomic mass is 10.1. The van der Waals surface area contributed by atoms with Crippen molar-refractivity contribution in [3.8, 4) is 23.3 Å². The number of amides is 3. The fraction of sp³-hybridized carbons (Fsp3) is 0.143. The Morgan fingerprint density at radius 1 is 1.10 bits per heavy atom. The van der Waals surface area contributed by atoms with Gasteiger partial charge in [0.1, 0.15) is 18.9 Å². The molecule has 3 amide bonds. The van der Waals surface area contributed by atoms with Crippen LogP contribution in [0.1, 0.15) is 16.7 Å². The summed E-state index contributed by atoms with van der Waals surface area (Å²) in [6, 6.07) is 19.3. The van der Waals surface area contributed by atoms with Gasteiger partial charge in [0.2, 0.25) is 5.91 Å². The van der Waals surface area contributed by atoms with E-state index in [9.17, 15) is 19.6 Å². The van der Waals surface area contributed by atoms with Crippen LogP contribution in [0.5, 0.6) is 17.2 Å². The van der Waals surface area contributed by atoms with Crippen molar-refractivity contribution in [2.45, 2.75) is 6.61 Å². The van der Waals surface area contributed by atoms with Gasteiger partial charge in [-0.25, -0.2) is 0 Å². The second kappa shape index (κ2) is 12.5. The lowest BCUT2D eigenvalue weighted by molar-refractivity contribution is -0.127. The molecule has 1 aliphatic heterocycles. The summed E-state index contributed by atoms with van der Waals surface area (Å²) in [6.45, 7) is -0.270. The van der Waals surface area contributed by atoms with E-state index in [4.69, 9.17) is 14.2 Å². The number of benzene rings is 3. The van der Waals surface area contributed by atoms with E-state index in [1.165, 1.54) is 14.2 Å². The summed E-state index contributed by atoms with van der Waals surface area (Å²) in [5.74, 6) is 0.371. The molecule has 4 rings (SSSR count). The highest BCUT2D eigenvalue weighted by atomic mass is 79.9. The van der Waals surface area contributed by atoms with Gasteiger partial charge in [-0.1, -0.05) is 18.2 Å². The van der Waals surface area contributed by atoms with E-state index in [2.05, 4.69) is 27.3 Å². The molecule has 198 valence electrons. The molecular weight excluding hydrogens is 586 g/mol. The Hall–Kier alpha value is -4.27. The minimum absolute atomic E-state index is 0.148. The van der Waals surface area contributed by atoms with Crippen LogP contribution in [0.25, 0.3) is 6.08 Å². The predicted molar refractivity (Wildman–Crippen MR) is 150 cm³/mol. The number of nitrogens with one attached hydrogen (secondary N) is 1. The first kappa shape index (κ1) is 27.8. The summed E-state index contributed by atoms with van der Waals surface area (Å²) in [4.78, 5) is 39.0. The Kier molecular flexibility index (Phi) is 8.91. The minimum Gasteiger partial charge on any atom is -0.497 e. The van der Waals surface area contributed by atoms with E-state index < -0.39 is 23.6 Å². The van der Waals surface area contributed by atoms with Gasteiger partial charge in [-0.15, -0.1) is 0 Å². The van der Waals surface area contributed by atoms with Gasteiger partial charge in [0.15, 0.2) is 11.5 Å². The molecule has 0 atom stereocenters. The number of ether oxygens (including phenoxy) is 3. The van der Waals surface area contributed by atoms with Crippen molar-refractivity contribution in [1.82, 2.24) is 4.90 Å².